The lowest BCUT2D eigenvalue weighted by molar-refractivity contribution is 0.225. The molecular formula is C12H20O2Si. The lowest BCUT2D eigenvalue weighted by Crippen LogP contribution is -2.37. The molecule has 1 rings (SSSR count). The van der Waals surface area contributed by atoms with E-state index in [4.69, 9.17) is 8.85 Å². The Hall–Kier alpha value is -0.643. The molecule has 0 spiro atoms. The van der Waals surface area contributed by atoms with Gasteiger partial charge in [0.15, 0.2) is 0 Å². The molecule has 0 atom stereocenters. The summed E-state index contributed by atoms with van der Waals surface area (Å²) >= 11 is 0. The van der Waals surface area contributed by atoms with Gasteiger partial charge in [0.1, 0.15) is 0 Å². The molecule has 0 saturated heterocycles. The lowest BCUT2D eigenvalue weighted by Gasteiger charge is -2.16. The van der Waals surface area contributed by atoms with Crippen LogP contribution in [0.4, 0.5) is 0 Å². The van der Waals surface area contributed by atoms with E-state index >= 15 is 0 Å². The van der Waals surface area contributed by atoms with Gasteiger partial charge in [-0.3, -0.25) is 0 Å². The monoisotopic (exact) mass is 224 g/mol. The van der Waals surface area contributed by atoms with Crippen LogP contribution in [0.2, 0.25) is 0 Å². The minimum atomic E-state index is -1.65. The Morgan fingerprint density at radius 1 is 0.933 bits per heavy atom. The van der Waals surface area contributed by atoms with Crippen molar-refractivity contribution in [2.24, 2.45) is 0 Å². The molecular weight excluding hydrogens is 204 g/mol. The molecule has 0 saturated carbocycles. The quantitative estimate of drug-likeness (QED) is 0.710. The third-order valence-corrected chi connectivity index (χ3v) is 4.30. The third-order valence-electron chi connectivity index (χ3n) is 2.15. The summed E-state index contributed by atoms with van der Waals surface area (Å²) in [6.45, 7) is 9.71. The summed E-state index contributed by atoms with van der Waals surface area (Å²) in [5.41, 5.74) is 2.56. The summed E-state index contributed by atoms with van der Waals surface area (Å²) in [6, 6.07) is 6.53. The van der Waals surface area contributed by atoms with Crippen LogP contribution in [0.15, 0.2) is 18.2 Å². The van der Waals surface area contributed by atoms with Gasteiger partial charge in [0.05, 0.1) is 0 Å². The van der Waals surface area contributed by atoms with Crippen molar-refractivity contribution in [3.63, 3.8) is 0 Å². The fourth-order valence-electron chi connectivity index (χ4n) is 1.69. The molecule has 0 aliphatic carbocycles. The minimum absolute atomic E-state index is 0.726. The Morgan fingerprint density at radius 3 is 1.80 bits per heavy atom. The number of hydrogen-bond acceptors (Lipinski definition) is 2. The average Bonchev–Trinajstić information content (AvgIpc) is 2.16. The molecule has 0 aliphatic rings. The fraction of sp³-hybridized carbons (Fsp3) is 0.500. The normalized spacial score (nSPS) is 11.0. The van der Waals surface area contributed by atoms with Crippen molar-refractivity contribution in [2.75, 3.05) is 13.2 Å². The highest BCUT2D eigenvalue weighted by Gasteiger charge is 2.15. The zero-order valence-electron chi connectivity index (χ0n) is 10.0. The van der Waals surface area contributed by atoms with Crippen molar-refractivity contribution < 1.29 is 8.85 Å². The van der Waals surface area contributed by atoms with E-state index in [1.807, 2.05) is 13.8 Å². The smallest absolute Gasteiger partial charge is 0.355 e. The molecule has 0 unspecified atom stereocenters. The zero-order valence-corrected chi connectivity index (χ0v) is 11.2. The second-order valence-corrected chi connectivity index (χ2v) is 5.66. The van der Waals surface area contributed by atoms with Crippen LogP contribution in [0.1, 0.15) is 25.0 Å². The van der Waals surface area contributed by atoms with Crippen LogP contribution in [0.25, 0.3) is 0 Å². The van der Waals surface area contributed by atoms with Gasteiger partial charge < -0.3 is 8.85 Å². The first-order chi connectivity index (χ1) is 7.17. The fourth-order valence-corrected chi connectivity index (χ4v) is 3.57. The lowest BCUT2D eigenvalue weighted by atomic mass is 10.2. The Labute approximate surface area is 94.1 Å². The van der Waals surface area contributed by atoms with Gasteiger partial charge in [-0.05, 0) is 32.9 Å². The average molecular weight is 224 g/mol. The number of rotatable bonds is 5. The van der Waals surface area contributed by atoms with E-state index in [9.17, 15) is 0 Å². The van der Waals surface area contributed by atoms with Crippen molar-refractivity contribution in [3.8, 4) is 0 Å². The summed E-state index contributed by atoms with van der Waals surface area (Å²) in [4.78, 5) is 0. The van der Waals surface area contributed by atoms with Crippen molar-refractivity contribution in [1.82, 2.24) is 0 Å². The molecule has 3 heteroatoms. The van der Waals surface area contributed by atoms with Crippen LogP contribution < -0.4 is 5.19 Å². The van der Waals surface area contributed by atoms with Gasteiger partial charge in [-0.15, -0.1) is 0 Å². The predicted octanol–water partition coefficient (Wildman–Crippen LogP) is 1.80. The molecule has 0 fully saturated rings. The van der Waals surface area contributed by atoms with E-state index < -0.39 is 9.28 Å². The highest BCUT2D eigenvalue weighted by molar-refractivity contribution is 6.61. The Kier molecular flexibility index (Phi) is 5.01. The highest BCUT2D eigenvalue weighted by atomic mass is 28.3. The molecule has 1 aromatic rings. The zero-order chi connectivity index (χ0) is 11.3. The summed E-state index contributed by atoms with van der Waals surface area (Å²) in [5.74, 6) is 0. The van der Waals surface area contributed by atoms with Crippen LogP contribution in [-0.2, 0) is 8.85 Å². The highest BCUT2D eigenvalue weighted by Crippen LogP contribution is 2.03. The van der Waals surface area contributed by atoms with Crippen LogP contribution in [-0.4, -0.2) is 22.5 Å². The van der Waals surface area contributed by atoms with Crippen molar-refractivity contribution in [1.29, 1.82) is 0 Å². The van der Waals surface area contributed by atoms with Crippen molar-refractivity contribution >= 4 is 14.5 Å². The standard InChI is InChI=1S/C12H20O2Si/c1-5-13-15(14-6-2)12-8-10(3)7-11(4)9-12/h7-9,15H,5-6H2,1-4H3. The van der Waals surface area contributed by atoms with Gasteiger partial charge in [-0.2, -0.15) is 0 Å². The largest absolute Gasteiger partial charge is 0.394 e. The molecule has 0 aliphatic heterocycles. The second-order valence-electron chi connectivity index (χ2n) is 3.66. The van der Waals surface area contributed by atoms with Crippen LogP contribution in [0.3, 0.4) is 0 Å². The Bertz CT molecular complexity index is 286. The molecule has 0 aromatic heterocycles. The SMILES string of the molecule is CCO[SiH](OCC)c1cc(C)cc(C)c1. The first-order valence-electron chi connectivity index (χ1n) is 5.48. The van der Waals surface area contributed by atoms with E-state index in [1.165, 1.54) is 16.3 Å². The number of hydrogen-bond donors (Lipinski definition) is 0. The summed E-state index contributed by atoms with van der Waals surface area (Å²) in [7, 11) is -1.65. The van der Waals surface area contributed by atoms with Crippen molar-refractivity contribution in [3.05, 3.63) is 29.3 Å². The van der Waals surface area contributed by atoms with Gasteiger partial charge in [0.2, 0.25) is 0 Å². The maximum absolute atomic E-state index is 5.70. The predicted molar refractivity (Wildman–Crippen MR) is 66.0 cm³/mol. The molecule has 0 radical (unpaired) electrons. The van der Waals surface area contributed by atoms with E-state index in [2.05, 4.69) is 32.0 Å². The van der Waals surface area contributed by atoms with Gasteiger partial charge >= 0.3 is 9.28 Å². The number of benzene rings is 1. The number of aryl methyl sites for hydroxylation is 2. The van der Waals surface area contributed by atoms with Crippen LogP contribution in [0.5, 0.6) is 0 Å². The van der Waals surface area contributed by atoms with Crippen LogP contribution >= 0.6 is 0 Å². The molecule has 2 nitrogen and oxygen atoms in total. The van der Waals surface area contributed by atoms with Gasteiger partial charge in [0, 0.05) is 13.2 Å². The molecule has 15 heavy (non-hydrogen) atoms. The van der Waals surface area contributed by atoms with E-state index in [0.717, 1.165) is 13.2 Å². The summed E-state index contributed by atoms with van der Waals surface area (Å²) < 4.78 is 11.4. The Balaban J connectivity index is 2.88. The Morgan fingerprint density at radius 2 is 1.40 bits per heavy atom. The maximum Gasteiger partial charge on any atom is 0.355 e. The van der Waals surface area contributed by atoms with E-state index in [1.54, 1.807) is 0 Å². The van der Waals surface area contributed by atoms with Gasteiger partial charge in [-0.25, -0.2) is 0 Å². The summed E-state index contributed by atoms with van der Waals surface area (Å²) in [5, 5.41) is 1.25. The topological polar surface area (TPSA) is 18.5 Å². The molecule has 0 N–H and O–H groups in total. The molecule has 0 amide bonds. The first-order valence-corrected chi connectivity index (χ1v) is 7.00. The van der Waals surface area contributed by atoms with Gasteiger partial charge in [0.25, 0.3) is 0 Å². The summed E-state index contributed by atoms with van der Waals surface area (Å²) in [6.07, 6.45) is 0. The molecule has 0 bridgehead atoms. The van der Waals surface area contributed by atoms with Crippen molar-refractivity contribution in [2.45, 2.75) is 27.7 Å². The molecule has 84 valence electrons. The third kappa shape index (κ3) is 3.78. The molecule has 1 aromatic carbocycles. The van der Waals surface area contributed by atoms with Crippen LogP contribution in [0, 0.1) is 13.8 Å². The van der Waals surface area contributed by atoms with E-state index in [-0.39, 0.29) is 0 Å². The minimum Gasteiger partial charge on any atom is -0.394 e. The maximum atomic E-state index is 5.70. The second kappa shape index (κ2) is 6.05. The van der Waals surface area contributed by atoms with Gasteiger partial charge in [-0.1, -0.05) is 29.3 Å². The molecule has 0 heterocycles. The first kappa shape index (κ1) is 12.4. The van der Waals surface area contributed by atoms with E-state index in [0.29, 0.717) is 0 Å².